The van der Waals surface area contributed by atoms with Crippen LogP contribution in [0.1, 0.15) is 26.7 Å². The molecule has 1 fully saturated rings. The zero-order chi connectivity index (χ0) is 15.1. The van der Waals surface area contributed by atoms with E-state index in [2.05, 4.69) is 0 Å². The molecule has 1 amide bonds. The van der Waals surface area contributed by atoms with Gasteiger partial charge in [0, 0.05) is 6.20 Å². The summed E-state index contributed by atoms with van der Waals surface area (Å²) in [6.07, 6.45) is 0.165. The first-order valence-corrected chi connectivity index (χ1v) is 6.32. The standard InChI is InChI=1S/C13H15F2NO4/c1-3-12(7-17)8(2)13(14,15)11(20-12)16-5-4-9(18)6-10(16)19/h4-5,7-8,11H,3,6H2,1-2H3/t8-,11-,12+/m1/s1. The van der Waals surface area contributed by atoms with Crippen LogP contribution in [0.5, 0.6) is 0 Å². The second kappa shape index (κ2) is 4.73. The number of ketones is 1. The van der Waals surface area contributed by atoms with Crippen LogP contribution in [-0.2, 0) is 19.1 Å². The first-order chi connectivity index (χ1) is 9.28. The largest absolute Gasteiger partial charge is 0.337 e. The highest BCUT2D eigenvalue weighted by molar-refractivity contribution is 6.06. The van der Waals surface area contributed by atoms with Crippen LogP contribution < -0.4 is 0 Å². The van der Waals surface area contributed by atoms with Crippen LogP contribution in [0.15, 0.2) is 12.3 Å². The van der Waals surface area contributed by atoms with Gasteiger partial charge in [-0.25, -0.2) is 8.78 Å². The van der Waals surface area contributed by atoms with Crippen molar-refractivity contribution in [3.05, 3.63) is 12.3 Å². The van der Waals surface area contributed by atoms with Crippen molar-refractivity contribution in [3.8, 4) is 0 Å². The van der Waals surface area contributed by atoms with Gasteiger partial charge in [0.1, 0.15) is 5.60 Å². The number of hydrogen-bond donors (Lipinski definition) is 0. The molecule has 0 aromatic heterocycles. The minimum absolute atomic E-state index is 0.0778. The lowest BCUT2D eigenvalue weighted by molar-refractivity contribution is -0.174. The van der Waals surface area contributed by atoms with Crippen molar-refractivity contribution in [2.45, 2.75) is 44.4 Å². The number of aldehydes is 1. The molecule has 110 valence electrons. The molecule has 0 saturated carbocycles. The first-order valence-electron chi connectivity index (χ1n) is 6.32. The Balaban J connectivity index is 2.38. The Morgan fingerprint density at radius 1 is 1.50 bits per heavy atom. The van der Waals surface area contributed by atoms with E-state index in [1.54, 1.807) is 6.92 Å². The van der Waals surface area contributed by atoms with Gasteiger partial charge in [-0.1, -0.05) is 13.8 Å². The van der Waals surface area contributed by atoms with Crippen LogP contribution in [0.4, 0.5) is 8.78 Å². The van der Waals surface area contributed by atoms with Crippen molar-refractivity contribution in [1.82, 2.24) is 4.90 Å². The number of carbonyl (C=O) groups is 3. The summed E-state index contributed by atoms with van der Waals surface area (Å²) in [6.45, 7) is 2.79. The highest BCUT2D eigenvalue weighted by Crippen LogP contribution is 2.49. The quantitative estimate of drug-likeness (QED) is 0.579. The second-order valence-electron chi connectivity index (χ2n) is 5.05. The molecule has 0 spiro atoms. The Bertz CT molecular complexity index is 491. The molecular formula is C13H15F2NO4. The molecule has 0 aliphatic carbocycles. The fraction of sp³-hybridized carbons (Fsp3) is 0.615. The van der Waals surface area contributed by atoms with E-state index in [9.17, 15) is 23.2 Å². The van der Waals surface area contributed by atoms with Crippen LogP contribution in [0.2, 0.25) is 0 Å². The average molecular weight is 287 g/mol. The molecule has 0 aromatic carbocycles. The van der Waals surface area contributed by atoms with Crippen LogP contribution in [0.25, 0.3) is 0 Å². The van der Waals surface area contributed by atoms with Crippen molar-refractivity contribution >= 4 is 18.0 Å². The molecule has 2 heterocycles. The van der Waals surface area contributed by atoms with Crippen LogP contribution >= 0.6 is 0 Å². The zero-order valence-electron chi connectivity index (χ0n) is 11.1. The predicted molar refractivity (Wildman–Crippen MR) is 63.7 cm³/mol. The van der Waals surface area contributed by atoms with Gasteiger partial charge in [-0.15, -0.1) is 0 Å². The topological polar surface area (TPSA) is 63.7 Å². The third kappa shape index (κ3) is 1.96. The smallest absolute Gasteiger partial charge is 0.298 e. The van der Waals surface area contributed by atoms with E-state index in [1.165, 1.54) is 6.92 Å². The SMILES string of the molecule is CC[C@@]1(C=O)O[C@@H](N2C=CC(=O)CC2=O)C(F)(F)[C@@H]1C. The van der Waals surface area contributed by atoms with Crippen molar-refractivity contribution in [3.63, 3.8) is 0 Å². The van der Waals surface area contributed by atoms with Gasteiger partial charge in [0.15, 0.2) is 12.1 Å². The lowest BCUT2D eigenvalue weighted by Gasteiger charge is -2.31. The van der Waals surface area contributed by atoms with Gasteiger partial charge in [-0.2, -0.15) is 0 Å². The summed E-state index contributed by atoms with van der Waals surface area (Å²) in [6, 6.07) is 0. The van der Waals surface area contributed by atoms with Gasteiger partial charge >= 0.3 is 0 Å². The molecule has 2 aliphatic heterocycles. The number of nitrogens with zero attached hydrogens (tertiary/aromatic N) is 1. The average Bonchev–Trinajstić information content (AvgIpc) is 2.60. The maximum absolute atomic E-state index is 14.3. The second-order valence-corrected chi connectivity index (χ2v) is 5.05. The molecule has 7 heteroatoms. The van der Waals surface area contributed by atoms with E-state index in [4.69, 9.17) is 4.74 Å². The van der Waals surface area contributed by atoms with E-state index in [0.29, 0.717) is 11.2 Å². The monoisotopic (exact) mass is 287 g/mol. The van der Waals surface area contributed by atoms with Crippen molar-refractivity contribution < 1.29 is 27.9 Å². The van der Waals surface area contributed by atoms with Crippen molar-refractivity contribution in [1.29, 1.82) is 0 Å². The van der Waals surface area contributed by atoms with Gasteiger partial charge in [0.2, 0.25) is 12.1 Å². The fourth-order valence-electron chi connectivity index (χ4n) is 2.53. The Kier molecular flexibility index (Phi) is 3.49. The fourth-order valence-corrected chi connectivity index (χ4v) is 2.53. The number of allylic oxidation sites excluding steroid dienone is 1. The molecule has 3 atom stereocenters. The number of hydrogen-bond acceptors (Lipinski definition) is 4. The van der Waals surface area contributed by atoms with Crippen LogP contribution in [0.3, 0.4) is 0 Å². The van der Waals surface area contributed by atoms with Crippen LogP contribution in [-0.4, -0.2) is 40.6 Å². The molecule has 0 bridgehead atoms. The molecule has 0 aromatic rings. The minimum Gasteiger partial charge on any atom is -0.337 e. The van der Waals surface area contributed by atoms with Gasteiger partial charge in [-0.3, -0.25) is 14.5 Å². The first kappa shape index (κ1) is 14.8. The summed E-state index contributed by atoms with van der Waals surface area (Å²) >= 11 is 0. The van der Waals surface area contributed by atoms with E-state index in [1.807, 2.05) is 0 Å². The van der Waals surface area contributed by atoms with E-state index >= 15 is 0 Å². The molecule has 0 radical (unpaired) electrons. The summed E-state index contributed by atoms with van der Waals surface area (Å²) in [5.41, 5.74) is -1.62. The molecule has 5 nitrogen and oxygen atoms in total. The number of alkyl halides is 2. The molecule has 2 aliphatic rings. The molecule has 0 unspecified atom stereocenters. The number of ether oxygens (including phenoxy) is 1. The summed E-state index contributed by atoms with van der Waals surface area (Å²) in [5.74, 6) is -5.94. The van der Waals surface area contributed by atoms with Gasteiger partial charge < -0.3 is 9.53 Å². The van der Waals surface area contributed by atoms with Crippen molar-refractivity contribution in [2.75, 3.05) is 0 Å². The summed E-state index contributed by atoms with van der Waals surface area (Å²) in [7, 11) is 0. The zero-order valence-corrected chi connectivity index (χ0v) is 11.1. The predicted octanol–water partition coefficient (Wildman–Crippen LogP) is 1.28. The number of halogens is 2. The summed E-state index contributed by atoms with van der Waals surface area (Å²) in [5, 5.41) is 0. The third-order valence-corrected chi connectivity index (χ3v) is 4.01. The van der Waals surface area contributed by atoms with E-state index in [0.717, 1.165) is 12.3 Å². The summed E-state index contributed by atoms with van der Waals surface area (Å²) in [4.78, 5) is 34.7. The molecule has 0 N–H and O–H groups in total. The molecular weight excluding hydrogens is 272 g/mol. The van der Waals surface area contributed by atoms with E-state index < -0.39 is 41.8 Å². The van der Waals surface area contributed by atoms with Crippen LogP contribution in [0, 0.1) is 5.92 Å². The normalized spacial score (nSPS) is 36.5. The van der Waals surface area contributed by atoms with Crippen molar-refractivity contribution in [2.24, 2.45) is 5.92 Å². The molecule has 20 heavy (non-hydrogen) atoms. The molecule has 1 saturated heterocycles. The maximum atomic E-state index is 14.3. The molecule has 2 rings (SSSR count). The Morgan fingerprint density at radius 2 is 2.15 bits per heavy atom. The highest BCUT2D eigenvalue weighted by atomic mass is 19.3. The number of amides is 1. The van der Waals surface area contributed by atoms with E-state index in [-0.39, 0.29) is 6.42 Å². The van der Waals surface area contributed by atoms with Gasteiger partial charge in [-0.05, 0) is 12.5 Å². The van der Waals surface area contributed by atoms with Gasteiger partial charge in [0.25, 0.3) is 5.92 Å². The Morgan fingerprint density at radius 3 is 2.60 bits per heavy atom. The Labute approximate surface area is 114 Å². The maximum Gasteiger partial charge on any atom is 0.298 e. The highest BCUT2D eigenvalue weighted by Gasteiger charge is 2.65. The lowest BCUT2D eigenvalue weighted by atomic mass is 9.85. The number of rotatable bonds is 3. The van der Waals surface area contributed by atoms with Gasteiger partial charge in [0.05, 0.1) is 12.3 Å². The summed E-state index contributed by atoms with van der Waals surface area (Å²) < 4.78 is 33.9. The lowest BCUT2D eigenvalue weighted by Crippen LogP contribution is -2.48. The minimum atomic E-state index is -3.38. The number of carbonyl (C=O) groups excluding carboxylic acids is 3. The third-order valence-electron chi connectivity index (χ3n) is 4.01. The Hall–Kier alpha value is -1.63.